The van der Waals surface area contributed by atoms with E-state index in [1.54, 1.807) is 11.8 Å². The fraction of sp³-hybridized carbons (Fsp3) is 0.200. The van der Waals surface area contributed by atoms with Crippen molar-refractivity contribution in [3.63, 3.8) is 0 Å². The van der Waals surface area contributed by atoms with Gasteiger partial charge in [0.05, 0.1) is 0 Å². The van der Waals surface area contributed by atoms with Crippen molar-refractivity contribution in [1.29, 1.82) is 0 Å². The van der Waals surface area contributed by atoms with Gasteiger partial charge in [-0.2, -0.15) is 0 Å². The van der Waals surface area contributed by atoms with Crippen LogP contribution in [0.25, 0.3) is 6.08 Å². The highest BCUT2D eigenvalue weighted by molar-refractivity contribution is 7.98. The maximum Gasteiger partial charge on any atom is 0.00987 e. The Morgan fingerprint density at radius 1 is 1.45 bits per heavy atom. The maximum atomic E-state index is 3.72. The number of hydrogen-bond acceptors (Lipinski definition) is 1. The Labute approximate surface area is 72.3 Å². The molecule has 0 saturated heterocycles. The minimum absolute atomic E-state index is 1.19. The van der Waals surface area contributed by atoms with Crippen LogP contribution in [0.15, 0.2) is 29.7 Å². The SMILES string of the molecule is C=Cc1ccc(SC)c(C)c1. The molecule has 0 aliphatic rings. The number of benzene rings is 1. The molecule has 0 aliphatic carbocycles. The summed E-state index contributed by atoms with van der Waals surface area (Å²) >= 11 is 1.78. The summed E-state index contributed by atoms with van der Waals surface area (Å²) in [6.07, 6.45) is 3.97. The van der Waals surface area contributed by atoms with Crippen molar-refractivity contribution in [2.24, 2.45) is 0 Å². The minimum Gasteiger partial charge on any atom is -0.129 e. The van der Waals surface area contributed by atoms with Gasteiger partial charge < -0.3 is 0 Å². The third-order valence-corrected chi connectivity index (χ3v) is 2.55. The number of hydrogen-bond donors (Lipinski definition) is 0. The van der Waals surface area contributed by atoms with E-state index in [0.29, 0.717) is 0 Å². The van der Waals surface area contributed by atoms with E-state index in [2.05, 4.69) is 38.0 Å². The maximum absolute atomic E-state index is 3.72. The van der Waals surface area contributed by atoms with E-state index in [-0.39, 0.29) is 0 Å². The summed E-state index contributed by atoms with van der Waals surface area (Å²) in [5, 5.41) is 0. The van der Waals surface area contributed by atoms with Crippen LogP contribution in [-0.4, -0.2) is 6.26 Å². The topological polar surface area (TPSA) is 0 Å². The molecule has 0 amide bonds. The van der Waals surface area contributed by atoms with Gasteiger partial charge in [-0.3, -0.25) is 0 Å². The van der Waals surface area contributed by atoms with Crippen LogP contribution in [0.5, 0.6) is 0 Å². The van der Waals surface area contributed by atoms with Gasteiger partial charge in [-0.25, -0.2) is 0 Å². The Bertz CT molecular complexity index is 264. The smallest absolute Gasteiger partial charge is 0.00987 e. The highest BCUT2D eigenvalue weighted by Gasteiger charge is 1.95. The fourth-order valence-corrected chi connectivity index (χ4v) is 1.61. The molecule has 0 unspecified atom stereocenters. The lowest BCUT2D eigenvalue weighted by Gasteiger charge is -2.02. The van der Waals surface area contributed by atoms with Crippen molar-refractivity contribution >= 4 is 17.8 Å². The molecule has 0 saturated carbocycles. The zero-order valence-electron chi connectivity index (χ0n) is 6.92. The molecule has 0 radical (unpaired) electrons. The molecule has 0 spiro atoms. The Morgan fingerprint density at radius 3 is 2.64 bits per heavy atom. The lowest BCUT2D eigenvalue weighted by atomic mass is 10.1. The first-order valence-electron chi connectivity index (χ1n) is 3.55. The van der Waals surface area contributed by atoms with E-state index >= 15 is 0 Å². The molecule has 0 heterocycles. The van der Waals surface area contributed by atoms with Crippen molar-refractivity contribution in [1.82, 2.24) is 0 Å². The highest BCUT2D eigenvalue weighted by atomic mass is 32.2. The second kappa shape index (κ2) is 3.63. The van der Waals surface area contributed by atoms with E-state index in [0.717, 1.165) is 0 Å². The predicted molar refractivity (Wildman–Crippen MR) is 53.1 cm³/mol. The first-order valence-corrected chi connectivity index (χ1v) is 4.77. The van der Waals surface area contributed by atoms with Gasteiger partial charge in [0.25, 0.3) is 0 Å². The van der Waals surface area contributed by atoms with Crippen molar-refractivity contribution < 1.29 is 0 Å². The van der Waals surface area contributed by atoms with Crippen molar-refractivity contribution in [2.45, 2.75) is 11.8 Å². The van der Waals surface area contributed by atoms with Crippen LogP contribution < -0.4 is 0 Å². The third-order valence-electron chi connectivity index (χ3n) is 1.65. The monoisotopic (exact) mass is 164 g/mol. The van der Waals surface area contributed by atoms with Crippen molar-refractivity contribution in [2.75, 3.05) is 6.26 Å². The number of aryl methyl sites for hydroxylation is 1. The molecule has 0 fully saturated rings. The zero-order chi connectivity index (χ0) is 8.27. The van der Waals surface area contributed by atoms with Gasteiger partial charge in [0, 0.05) is 4.90 Å². The summed E-state index contributed by atoms with van der Waals surface area (Å²) in [6, 6.07) is 6.38. The Morgan fingerprint density at radius 2 is 2.18 bits per heavy atom. The minimum atomic E-state index is 1.19. The van der Waals surface area contributed by atoms with Gasteiger partial charge in [-0.1, -0.05) is 24.8 Å². The van der Waals surface area contributed by atoms with Gasteiger partial charge in [0.15, 0.2) is 0 Å². The molecule has 1 aromatic rings. The molecule has 11 heavy (non-hydrogen) atoms. The second-order valence-corrected chi connectivity index (χ2v) is 3.28. The van der Waals surface area contributed by atoms with Gasteiger partial charge in [0.2, 0.25) is 0 Å². The van der Waals surface area contributed by atoms with Gasteiger partial charge in [-0.05, 0) is 30.4 Å². The predicted octanol–water partition coefficient (Wildman–Crippen LogP) is 3.36. The Hall–Kier alpha value is -0.690. The molecular weight excluding hydrogens is 152 g/mol. The first-order chi connectivity index (χ1) is 5.27. The molecule has 0 atom stereocenters. The average Bonchev–Trinajstić information content (AvgIpc) is 2.04. The van der Waals surface area contributed by atoms with Crippen LogP contribution in [0.3, 0.4) is 0 Å². The molecule has 1 heteroatoms. The van der Waals surface area contributed by atoms with Gasteiger partial charge >= 0.3 is 0 Å². The summed E-state index contributed by atoms with van der Waals surface area (Å²) in [6.45, 7) is 5.84. The molecule has 1 aromatic carbocycles. The van der Waals surface area contributed by atoms with Gasteiger partial charge in [-0.15, -0.1) is 11.8 Å². The lowest BCUT2D eigenvalue weighted by Crippen LogP contribution is -1.79. The molecule has 58 valence electrons. The Balaban J connectivity index is 3.09. The molecule has 0 N–H and O–H groups in total. The van der Waals surface area contributed by atoms with Crippen LogP contribution in [0.1, 0.15) is 11.1 Å². The van der Waals surface area contributed by atoms with Gasteiger partial charge in [0.1, 0.15) is 0 Å². The summed E-state index contributed by atoms with van der Waals surface area (Å²) in [7, 11) is 0. The van der Waals surface area contributed by atoms with Crippen LogP contribution in [0, 0.1) is 6.92 Å². The van der Waals surface area contributed by atoms with Crippen LogP contribution >= 0.6 is 11.8 Å². The number of thioether (sulfide) groups is 1. The Kier molecular flexibility index (Phi) is 2.77. The zero-order valence-corrected chi connectivity index (χ0v) is 7.74. The van der Waals surface area contributed by atoms with E-state index < -0.39 is 0 Å². The second-order valence-electron chi connectivity index (χ2n) is 2.43. The van der Waals surface area contributed by atoms with E-state index in [1.165, 1.54) is 16.0 Å². The number of rotatable bonds is 2. The quantitative estimate of drug-likeness (QED) is 0.604. The fourth-order valence-electron chi connectivity index (χ4n) is 1.03. The third kappa shape index (κ3) is 1.87. The molecule has 0 bridgehead atoms. The normalized spacial score (nSPS) is 9.64. The summed E-state index contributed by atoms with van der Waals surface area (Å²) in [4.78, 5) is 1.34. The molecular formula is C10H12S. The van der Waals surface area contributed by atoms with Crippen LogP contribution in [-0.2, 0) is 0 Å². The standard InChI is InChI=1S/C10H12S/c1-4-9-5-6-10(11-3)8(2)7-9/h4-7H,1H2,2-3H3. The highest BCUT2D eigenvalue weighted by Crippen LogP contribution is 2.20. The van der Waals surface area contributed by atoms with Crippen LogP contribution in [0.2, 0.25) is 0 Å². The van der Waals surface area contributed by atoms with Crippen LogP contribution in [0.4, 0.5) is 0 Å². The lowest BCUT2D eigenvalue weighted by molar-refractivity contribution is 1.30. The summed E-state index contributed by atoms with van der Waals surface area (Å²) < 4.78 is 0. The van der Waals surface area contributed by atoms with E-state index in [1.807, 2.05) is 6.08 Å². The summed E-state index contributed by atoms with van der Waals surface area (Å²) in [5.41, 5.74) is 2.52. The molecule has 0 aromatic heterocycles. The van der Waals surface area contributed by atoms with E-state index in [4.69, 9.17) is 0 Å². The summed E-state index contributed by atoms with van der Waals surface area (Å²) in [5.74, 6) is 0. The average molecular weight is 164 g/mol. The van der Waals surface area contributed by atoms with Crippen molar-refractivity contribution in [3.05, 3.63) is 35.9 Å². The molecule has 1 rings (SSSR count). The molecule has 0 aliphatic heterocycles. The van der Waals surface area contributed by atoms with Crippen molar-refractivity contribution in [3.8, 4) is 0 Å². The molecule has 0 nitrogen and oxygen atoms in total. The largest absolute Gasteiger partial charge is 0.129 e. The van der Waals surface area contributed by atoms with E-state index in [9.17, 15) is 0 Å². The first kappa shape index (κ1) is 8.41.